The van der Waals surface area contributed by atoms with Crippen molar-refractivity contribution in [3.63, 3.8) is 0 Å². The minimum atomic E-state index is 0.253. The Labute approximate surface area is 197 Å². The molecule has 2 aromatic rings. The number of carbonyl (C=O) groups is 1. The summed E-state index contributed by atoms with van der Waals surface area (Å²) in [4.78, 5) is 21.9. The van der Waals surface area contributed by atoms with Crippen LogP contribution in [-0.4, -0.2) is 46.7 Å². The minimum absolute atomic E-state index is 0.253. The Bertz CT molecular complexity index is 976. The van der Waals surface area contributed by atoms with E-state index in [2.05, 4.69) is 68.8 Å². The van der Waals surface area contributed by atoms with E-state index in [9.17, 15) is 4.79 Å². The Morgan fingerprint density at radius 3 is 2.81 bits per heavy atom. The average Bonchev–Trinajstić information content (AvgIpc) is 2.97. The van der Waals surface area contributed by atoms with Gasteiger partial charge in [-0.2, -0.15) is 17.0 Å². The number of hydrogen-bond donors (Lipinski definition) is 0. The first-order chi connectivity index (χ1) is 15.0. The van der Waals surface area contributed by atoms with E-state index >= 15 is 0 Å². The van der Waals surface area contributed by atoms with Crippen molar-refractivity contribution in [2.75, 3.05) is 23.7 Å². The van der Waals surface area contributed by atoms with E-state index in [1.807, 2.05) is 30.0 Å². The molecule has 5 nitrogen and oxygen atoms in total. The van der Waals surface area contributed by atoms with Crippen LogP contribution in [0.4, 0.5) is 5.82 Å². The third-order valence-electron chi connectivity index (χ3n) is 6.41. The number of anilines is 1. The Kier molecular flexibility index (Phi) is 6.88. The molecule has 2 bridgehead atoms. The molecule has 4 atom stereocenters. The van der Waals surface area contributed by atoms with Crippen molar-refractivity contribution in [1.29, 1.82) is 5.26 Å². The number of benzene rings is 1. The van der Waals surface area contributed by atoms with Gasteiger partial charge in [-0.3, -0.25) is 4.79 Å². The first-order valence-corrected chi connectivity index (χ1v) is 12.6. The van der Waals surface area contributed by atoms with Crippen LogP contribution in [0.2, 0.25) is 0 Å². The maximum Gasteiger partial charge on any atom is 0.223 e. The van der Waals surface area contributed by atoms with E-state index in [1.54, 1.807) is 6.20 Å². The molecule has 0 saturated carbocycles. The highest BCUT2D eigenvalue weighted by molar-refractivity contribution is 9.10. The van der Waals surface area contributed by atoms with Crippen molar-refractivity contribution in [3.8, 4) is 6.07 Å². The van der Waals surface area contributed by atoms with E-state index in [4.69, 9.17) is 5.26 Å². The van der Waals surface area contributed by atoms with Gasteiger partial charge < -0.3 is 9.80 Å². The van der Waals surface area contributed by atoms with Gasteiger partial charge in [-0.15, -0.1) is 0 Å². The highest BCUT2D eigenvalue weighted by Crippen LogP contribution is 2.38. The summed E-state index contributed by atoms with van der Waals surface area (Å²) in [7, 11) is 0. The minimum Gasteiger partial charge on any atom is -0.347 e. The van der Waals surface area contributed by atoms with Crippen LogP contribution in [0.3, 0.4) is 0 Å². The molecule has 0 radical (unpaired) electrons. The van der Waals surface area contributed by atoms with Crippen LogP contribution in [0.15, 0.2) is 47.1 Å². The second kappa shape index (κ2) is 9.62. The molecule has 7 heteroatoms. The molecular formula is C24H27BrN4OS. The number of nitriles is 1. The first kappa shape index (κ1) is 22.2. The fraction of sp³-hybridized carbons (Fsp3) is 0.458. The summed E-state index contributed by atoms with van der Waals surface area (Å²) >= 11 is 5.46. The zero-order valence-corrected chi connectivity index (χ0v) is 20.3. The summed E-state index contributed by atoms with van der Waals surface area (Å²) in [5.41, 5.74) is 1.85. The number of fused-ring (bicyclic) bond motifs is 2. The molecule has 0 spiro atoms. The molecule has 2 saturated heterocycles. The molecule has 1 aromatic carbocycles. The quantitative estimate of drug-likeness (QED) is 0.558. The zero-order valence-electron chi connectivity index (χ0n) is 17.9. The van der Waals surface area contributed by atoms with Crippen molar-refractivity contribution in [1.82, 2.24) is 9.88 Å². The van der Waals surface area contributed by atoms with E-state index in [0.717, 1.165) is 35.6 Å². The van der Waals surface area contributed by atoms with Crippen molar-refractivity contribution in [2.24, 2.45) is 5.92 Å². The summed E-state index contributed by atoms with van der Waals surface area (Å²) in [5.74, 6) is 2.51. The highest BCUT2D eigenvalue weighted by Gasteiger charge is 2.45. The molecule has 2 aliphatic rings. The topological polar surface area (TPSA) is 60.2 Å². The van der Waals surface area contributed by atoms with Crippen LogP contribution >= 0.6 is 27.7 Å². The van der Waals surface area contributed by atoms with Gasteiger partial charge in [0.15, 0.2) is 0 Å². The lowest BCUT2D eigenvalue weighted by Gasteiger charge is -2.42. The number of nitrogens with zero attached hydrogens (tertiary/aromatic N) is 4. The summed E-state index contributed by atoms with van der Waals surface area (Å²) in [6, 6.07) is 14.8. The number of likely N-dealkylation sites (tertiary alicyclic amines) is 1. The Morgan fingerprint density at radius 1 is 1.32 bits per heavy atom. The molecule has 2 aliphatic heterocycles. The molecule has 0 N–H and O–H groups in total. The van der Waals surface area contributed by atoms with Crippen LogP contribution in [-0.2, 0) is 4.79 Å². The molecule has 162 valence electrons. The third-order valence-corrected chi connectivity index (χ3v) is 8.33. The molecule has 31 heavy (non-hydrogen) atoms. The van der Waals surface area contributed by atoms with Gasteiger partial charge >= 0.3 is 0 Å². The second-order valence-electron chi connectivity index (χ2n) is 8.44. The molecular weight excluding hydrogens is 472 g/mol. The van der Waals surface area contributed by atoms with E-state index in [0.29, 0.717) is 29.2 Å². The Hall–Kier alpha value is -2.04. The Morgan fingerprint density at radius 2 is 2.13 bits per heavy atom. The van der Waals surface area contributed by atoms with Crippen molar-refractivity contribution in [3.05, 3.63) is 58.2 Å². The maximum atomic E-state index is 13.0. The van der Waals surface area contributed by atoms with E-state index in [1.165, 1.54) is 5.56 Å². The fourth-order valence-electron chi connectivity index (χ4n) is 4.77. The van der Waals surface area contributed by atoms with Gasteiger partial charge in [0.25, 0.3) is 0 Å². The van der Waals surface area contributed by atoms with Crippen LogP contribution in [0.1, 0.15) is 43.1 Å². The molecule has 2 fully saturated rings. The normalized spacial score (nSPS) is 23.5. The number of pyridine rings is 1. The number of amides is 1. The molecule has 1 aromatic heterocycles. The molecule has 0 aliphatic carbocycles. The molecule has 4 rings (SSSR count). The molecule has 3 heterocycles. The zero-order chi connectivity index (χ0) is 22.0. The van der Waals surface area contributed by atoms with Crippen molar-refractivity contribution in [2.45, 2.75) is 44.0 Å². The predicted molar refractivity (Wildman–Crippen MR) is 129 cm³/mol. The van der Waals surface area contributed by atoms with Gasteiger partial charge in [0.2, 0.25) is 5.91 Å². The number of aromatic nitrogens is 1. The van der Waals surface area contributed by atoms with Crippen LogP contribution in [0.5, 0.6) is 0 Å². The lowest BCUT2D eigenvalue weighted by atomic mass is 10.0. The van der Waals surface area contributed by atoms with E-state index in [-0.39, 0.29) is 11.9 Å². The molecule has 3 unspecified atom stereocenters. The highest BCUT2D eigenvalue weighted by atomic mass is 79.9. The summed E-state index contributed by atoms with van der Waals surface area (Å²) in [5, 5.41) is 9.37. The van der Waals surface area contributed by atoms with Crippen LogP contribution < -0.4 is 4.90 Å². The fourth-order valence-corrected chi connectivity index (χ4v) is 6.58. The maximum absolute atomic E-state index is 13.0. The number of thioether (sulfide) groups is 1. The monoisotopic (exact) mass is 498 g/mol. The van der Waals surface area contributed by atoms with Gasteiger partial charge in [-0.25, -0.2) is 4.98 Å². The number of hydrogen-bond acceptors (Lipinski definition) is 5. The van der Waals surface area contributed by atoms with Crippen molar-refractivity contribution >= 4 is 39.4 Å². The van der Waals surface area contributed by atoms with Gasteiger partial charge in [0.1, 0.15) is 11.9 Å². The second-order valence-corrected chi connectivity index (χ2v) is 10.7. The van der Waals surface area contributed by atoms with Gasteiger partial charge in [0.05, 0.1) is 11.6 Å². The Balaban J connectivity index is 1.34. The predicted octanol–water partition coefficient (Wildman–Crippen LogP) is 5.03. The SMILES string of the molecule is CC(SCCC(=O)N1CC2C[C@@H](C)C(C1)N2c1ccc(C#N)cn1)c1ccccc1Br. The standard InChI is InChI=1S/C24H27BrN4OS/c1-16-11-19-14-28(15-22(16)29(19)23-8-7-18(12-26)13-27-23)24(30)9-10-31-17(2)20-5-3-4-6-21(20)25/h3-8,13,16-17,19,22H,9-11,14-15H2,1-2H3/t16-,17?,19?,22?/m1/s1. The van der Waals surface area contributed by atoms with E-state index < -0.39 is 0 Å². The largest absolute Gasteiger partial charge is 0.347 e. The number of halogens is 1. The van der Waals surface area contributed by atoms with Crippen molar-refractivity contribution < 1.29 is 4.79 Å². The number of carbonyl (C=O) groups excluding carboxylic acids is 1. The summed E-state index contributed by atoms with van der Waals surface area (Å²) < 4.78 is 1.12. The summed E-state index contributed by atoms with van der Waals surface area (Å²) in [6.07, 6.45) is 3.28. The number of piperazine rings is 1. The van der Waals surface area contributed by atoms with Gasteiger partial charge in [-0.1, -0.05) is 41.1 Å². The third kappa shape index (κ3) is 4.75. The van der Waals surface area contributed by atoms with Gasteiger partial charge in [0, 0.05) is 47.2 Å². The lowest BCUT2D eigenvalue weighted by Crippen LogP contribution is -2.56. The smallest absolute Gasteiger partial charge is 0.223 e. The lowest BCUT2D eigenvalue weighted by molar-refractivity contribution is -0.131. The first-order valence-electron chi connectivity index (χ1n) is 10.8. The number of rotatable bonds is 6. The van der Waals surface area contributed by atoms with Gasteiger partial charge in [-0.05, 0) is 43.0 Å². The van der Waals surface area contributed by atoms with Crippen LogP contribution in [0.25, 0.3) is 0 Å². The average molecular weight is 499 g/mol. The van der Waals surface area contributed by atoms with Crippen LogP contribution in [0, 0.1) is 17.2 Å². The molecule has 1 amide bonds. The summed E-state index contributed by atoms with van der Waals surface area (Å²) in [6.45, 7) is 5.97.